The molecule has 0 unspecified atom stereocenters. The Balaban J connectivity index is 1.34. The van der Waals surface area contributed by atoms with E-state index in [4.69, 9.17) is 27.4 Å². The van der Waals surface area contributed by atoms with Gasteiger partial charge < -0.3 is 31.2 Å². The molecule has 4 aromatic carbocycles. The first-order valence-electron chi connectivity index (χ1n) is 14.5. The third-order valence-corrected chi connectivity index (χ3v) is 6.98. The number of rotatable bonds is 14. The van der Waals surface area contributed by atoms with Gasteiger partial charge in [0.05, 0.1) is 6.42 Å². The molecule has 46 heavy (non-hydrogen) atoms. The minimum atomic E-state index is -1.02. The Morgan fingerprint density at radius 2 is 1.35 bits per heavy atom. The van der Waals surface area contributed by atoms with Crippen LogP contribution in [0.25, 0.3) is 0 Å². The maximum atomic E-state index is 13.4. The number of hydrogen-bond acceptors (Lipinski definition) is 7. The summed E-state index contributed by atoms with van der Waals surface area (Å²) in [7, 11) is 0. The van der Waals surface area contributed by atoms with E-state index in [9.17, 15) is 19.2 Å². The van der Waals surface area contributed by atoms with E-state index >= 15 is 0 Å². The molecule has 0 fully saturated rings. The summed E-state index contributed by atoms with van der Waals surface area (Å²) in [5.74, 6) is -1.38. The lowest BCUT2D eigenvalue weighted by atomic mass is 10.0. The highest BCUT2D eigenvalue weighted by Crippen LogP contribution is 2.14. The van der Waals surface area contributed by atoms with Crippen LogP contribution in [0.2, 0.25) is 0 Å². The second-order valence-electron chi connectivity index (χ2n) is 10.2. The van der Waals surface area contributed by atoms with Crippen LogP contribution in [0.3, 0.4) is 0 Å². The molecule has 0 aliphatic rings. The van der Waals surface area contributed by atoms with E-state index in [2.05, 4.69) is 16.0 Å². The number of nitrogens with one attached hydrogen (secondary N) is 3. The molecule has 0 saturated carbocycles. The molecular weight excluding hydrogens is 604 g/mol. The van der Waals surface area contributed by atoms with Gasteiger partial charge in [-0.2, -0.15) is 0 Å². The molecule has 1 atom stereocenters. The Morgan fingerprint density at radius 3 is 1.98 bits per heavy atom. The molecule has 4 aromatic rings. The van der Waals surface area contributed by atoms with Crippen LogP contribution in [0.15, 0.2) is 109 Å². The van der Waals surface area contributed by atoms with Crippen LogP contribution in [0.5, 0.6) is 0 Å². The minimum Gasteiger partial charge on any atom is -0.461 e. The van der Waals surface area contributed by atoms with Crippen molar-refractivity contribution in [2.45, 2.75) is 32.1 Å². The quantitative estimate of drug-likeness (QED) is 0.115. The van der Waals surface area contributed by atoms with Crippen molar-refractivity contribution in [2.75, 3.05) is 11.9 Å². The largest absolute Gasteiger partial charge is 0.461 e. The van der Waals surface area contributed by atoms with Crippen LogP contribution in [-0.2, 0) is 38.7 Å². The van der Waals surface area contributed by atoms with E-state index in [-0.39, 0.29) is 43.2 Å². The van der Waals surface area contributed by atoms with Crippen LogP contribution in [0.4, 0.5) is 10.5 Å². The molecule has 3 amide bonds. The summed E-state index contributed by atoms with van der Waals surface area (Å²) in [5.41, 5.74) is 9.40. The number of anilines is 1. The Labute approximate surface area is 272 Å². The summed E-state index contributed by atoms with van der Waals surface area (Å²) >= 11 is 5.02. The van der Waals surface area contributed by atoms with Crippen molar-refractivity contribution in [1.82, 2.24) is 10.6 Å². The van der Waals surface area contributed by atoms with Gasteiger partial charge >= 0.3 is 12.1 Å². The number of carbonyl (C=O) groups excluding carboxylic acids is 4. The van der Waals surface area contributed by atoms with Gasteiger partial charge in [-0.1, -0.05) is 103 Å². The highest BCUT2D eigenvalue weighted by molar-refractivity contribution is 7.80. The van der Waals surface area contributed by atoms with Crippen LogP contribution in [0.1, 0.15) is 39.0 Å². The Morgan fingerprint density at radius 1 is 0.717 bits per heavy atom. The molecule has 10 nitrogen and oxygen atoms in total. The molecule has 4 rings (SSSR count). The van der Waals surface area contributed by atoms with Crippen LogP contribution < -0.4 is 21.7 Å². The maximum absolute atomic E-state index is 13.4. The summed E-state index contributed by atoms with van der Waals surface area (Å²) in [4.78, 5) is 51.2. The molecule has 0 aromatic heterocycles. The molecule has 236 valence electrons. The Hall–Kier alpha value is -5.55. The zero-order chi connectivity index (χ0) is 32.7. The molecule has 0 spiro atoms. The van der Waals surface area contributed by atoms with Gasteiger partial charge in [0.25, 0.3) is 5.91 Å². The Bertz CT molecular complexity index is 1650. The number of carbonyl (C=O) groups is 4. The van der Waals surface area contributed by atoms with Gasteiger partial charge in [-0.15, -0.1) is 0 Å². The SMILES string of the molecule is NC(=S)c1ccc(C[C@H](NC(=O)OCc2ccccc2)C(=O)Nc2cccc(C(=O)NCCC(=O)OCc3ccccc3)c2)cc1. The molecular formula is C35H34N4O6S. The van der Waals surface area contributed by atoms with Gasteiger partial charge in [0.1, 0.15) is 24.2 Å². The maximum Gasteiger partial charge on any atom is 0.408 e. The lowest BCUT2D eigenvalue weighted by Gasteiger charge is -2.19. The first-order chi connectivity index (χ1) is 22.3. The van der Waals surface area contributed by atoms with Crippen molar-refractivity contribution in [1.29, 1.82) is 0 Å². The second-order valence-corrected chi connectivity index (χ2v) is 10.7. The fourth-order valence-corrected chi connectivity index (χ4v) is 4.45. The topological polar surface area (TPSA) is 149 Å². The van der Waals surface area contributed by atoms with E-state index < -0.39 is 29.9 Å². The number of nitrogens with two attached hydrogens (primary N) is 1. The van der Waals surface area contributed by atoms with Crippen molar-refractivity contribution in [3.05, 3.63) is 137 Å². The molecule has 5 N–H and O–H groups in total. The van der Waals surface area contributed by atoms with Crippen LogP contribution >= 0.6 is 12.2 Å². The van der Waals surface area contributed by atoms with Crippen LogP contribution in [0, 0.1) is 0 Å². The van der Waals surface area contributed by atoms with Gasteiger partial charge in [-0.25, -0.2) is 4.79 Å². The molecule has 0 radical (unpaired) electrons. The average molecular weight is 639 g/mol. The molecule has 0 saturated heterocycles. The highest BCUT2D eigenvalue weighted by Gasteiger charge is 2.23. The van der Waals surface area contributed by atoms with E-state index in [1.54, 1.807) is 42.5 Å². The smallest absolute Gasteiger partial charge is 0.408 e. The van der Waals surface area contributed by atoms with E-state index in [0.29, 0.717) is 11.3 Å². The first kappa shape index (κ1) is 33.3. The van der Waals surface area contributed by atoms with Crippen molar-refractivity contribution in [2.24, 2.45) is 5.73 Å². The van der Waals surface area contributed by atoms with Crippen molar-refractivity contribution < 1.29 is 28.7 Å². The van der Waals surface area contributed by atoms with Crippen molar-refractivity contribution in [3.8, 4) is 0 Å². The summed E-state index contributed by atoms with van der Waals surface area (Å²) in [6.07, 6.45) is -0.621. The number of benzene rings is 4. The van der Waals surface area contributed by atoms with E-state index in [1.807, 2.05) is 60.7 Å². The zero-order valence-electron chi connectivity index (χ0n) is 24.9. The molecule has 0 aliphatic carbocycles. The van der Waals surface area contributed by atoms with E-state index in [1.165, 1.54) is 6.07 Å². The number of alkyl carbamates (subject to hydrolysis) is 1. The minimum absolute atomic E-state index is 0.000762. The molecule has 0 bridgehead atoms. The lowest BCUT2D eigenvalue weighted by Crippen LogP contribution is -2.45. The normalized spacial score (nSPS) is 11.0. The van der Waals surface area contributed by atoms with Gasteiger partial charge in [0.15, 0.2) is 0 Å². The van der Waals surface area contributed by atoms with Crippen LogP contribution in [-0.4, -0.2) is 41.5 Å². The molecule has 0 heterocycles. The van der Waals surface area contributed by atoms with Gasteiger partial charge in [-0.3, -0.25) is 14.4 Å². The van der Waals surface area contributed by atoms with Crippen molar-refractivity contribution >= 4 is 46.8 Å². The van der Waals surface area contributed by atoms with Gasteiger partial charge in [0.2, 0.25) is 5.91 Å². The predicted octanol–water partition coefficient (Wildman–Crippen LogP) is 4.66. The second kappa shape index (κ2) is 17.1. The summed E-state index contributed by atoms with van der Waals surface area (Å²) < 4.78 is 10.6. The number of thiocarbonyl (C=S) groups is 1. The fraction of sp³-hybridized carbons (Fsp3) is 0.171. The average Bonchev–Trinajstić information content (AvgIpc) is 3.07. The molecule has 0 aliphatic heterocycles. The van der Waals surface area contributed by atoms with E-state index in [0.717, 1.165) is 16.7 Å². The Kier molecular flexibility index (Phi) is 12.4. The van der Waals surface area contributed by atoms with Gasteiger partial charge in [-0.05, 0) is 34.9 Å². The first-order valence-corrected chi connectivity index (χ1v) is 14.9. The van der Waals surface area contributed by atoms with Gasteiger partial charge in [0, 0.05) is 29.8 Å². The molecule has 11 heteroatoms. The predicted molar refractivity (Wildman–Crippen MR) is 178 cm³/mol. The standard InChI is InChI=1S/C35H34N4O6S/c36-32(46)27-16-14-24(15-17-27)20-30(39-35(43)45-23-26-10-5-2-6-11-26)34(42)38-29-13-7-12-28(21-29)33(41)37-19-18-31(40)44-22-25-8-3-1-4-9-25/h1-17,21,30H,18-20,22-23H2,(H2,36,46)(H,37,41)(H,38,42)(H,39,43)/t30-/m0/s1. The third kappa shape index (κ3) is 10.9. The number of amides is 3. The number of ether oxygens (including phenoxy) is 2. The lowest BCUT2D eigenvalue weighted by molar-refractivity contribution is -0.144. The summed E-state index contributed by atoms with van der Waals surface area (Å²) in [6.45, 7) is 0.266. The summed E-state index contributed by atoms with van der Waals surface area (Å²) in [6, 6.07) is 30.8. The zero-order valence-corrected chi connectivity index (χ0v) is 25.8. The third-order valence-electron chi connectivity index (χ3n) is 6.75. The number of hydrogen-bond donors (Lipinski definition) is 4. The summed E-state index contributed by atoms with van der Waals surface area (Å²) in [5, 5.41) is 8.10. The monoisotopic (exact) mass is 638 g/mol. The highest BCUT2D eigenvalue weighted by atomic mass is 32.1. The number of esters is 1. The fourth-order valence-electron chi connectivity index (χ4n) is 4.32. The van der Waals surface area contributed by atoms with Crippen molar-refractivity contribution in [3.63, 3.8) is 0 Å².